The molecule has 1 aliphatic heterocycles. The summed E-state index contributed by atoms with van der Waals surface area (Å²) in [5, 5.41) is 0. The number of hydrogen-bond donors (Lipinski definition) is 0. The van der Waals surface area contributed by atoms with Crippen LogP contribution in [0.5, 0.6) is 11.5 Å². The predicted molar refractivity (Wildman–Crippen MR) is 62.1 cm³/mol. The van der Waals surface area contributed by atoms with E-state index in [4.69, 9.17) is 14.2 Å². The average molecular weight is 234 g/mol. The van der Waals surface area contributed by atoms with Gasteiger partial charge in [-0.05, 0) is 12.1 Å². The Labute approximate surface area is 99.8 Å². The highest BCUT2D eigenvalue weighted by molar-refractivity contribution is 5.90. The molecule has 1 unspecified atom stereocenters. The molecule has 1 aliphatic rings. The number of carbonyl (C=O) groups excluding carboxylic acids is 1. The molecule has 4 heteroatoms. The van der Waals surface area contributed by atoms with Gasteiger partial charge < -0.3 is 14.2 Å². The molecule has 1 aromatic rings. The van der Waals surface area contributed by atoms with Gasteiger partial charge in [0.2, 0.25) is 0 Å². The first-order chi connectivity index (χ1) is 8.15. The molecule has 0 radical (unpaired) electrons. The first-order valence-electron chi connectivity index (χ1n) is 5.26. The van der Waals surface area contributed by atoms with Crippen LogP contribution in [0.25, 0.3) is 0 Å². The molecule has 0 bridgehead atoms. The largest absolute Gasteiger partial charge is 0.497 e. The van der Waals surface area contributed by atoms with Gasteiger partial charge in [0.15, 0.2) is 0 Å². The van der Waals surface area contributed by atoms with Crippen LogP contribution >= 0.6 is 0 Å². The van der Waals surface area contributed by atoms with Crippen molar-refractivity contribution in [2.45, 2.75) is 12.5 Å². The summed E-state index contributed by atoms with van der Waals surface area (Å²) >= 11 is 0. The van der Waals surface area contributed by atoms with E-state index >= 15 is 0 Å². The maximum absolute atomic E-state index is 11.3. The van der Waals surface area contributed by atoms with Gasteiger partial charge in [-0.2, -0.15) is 0 Å². The Hall–Kier alpha value is -1.97. The molecule has 0 aliphatic carbocycles. The minimum absolute atomic E-state index is 0.309. The zero-order chi connectivity index (χ0) is 12.4. The molecule has 1 saturated heterocycles. The second-order valence-electron chi connectivity index (χ2n) is 3.81. The van der Waals surface area contributed by atoms with E-state index in [9.17, 15) is 4.79 Å². The lowest BCUT2D eigenvalue weighted by Crippen LogP contribution is -2.01. The fraction of sp³-hybridized carbons (Fsp3) is 0.308. The van der Waals surface area contributed by atoms with Crippen molar-refractivity contribution in [3.05, 3.63) is 35.9 Å². The lowest BCUT2D eigenvalue weighted by Gasteiger charge is -2.14. The molecule has 17 heavy (non-hydrogen) atoms. The van der Waals surface area contributed by atoms with Crippen molar-refractivity contribution in [3.63, 3.8) is 0 Å². The third kappa shape index (κ3) is 2.11. The molecule has 2 rings (SSSR count). The number of esters is 1. The lowest BCUT2D eigenvalue weighted by atomic mass is 10.0. The van der Waals surface area contributed by atoms with E-state index in [1.807, 2.05) is 12.1 Å². The van der Waals surface area contributed by atoms with Crippen molar-refractivity contribution < 1.29 is 19.0 Å². The van der Waals surface area contributed by atoms with Gasteiger partial charge in [-0.25, -0.2) is 4.79 Å². The Morgan fingerprint density at radius 2 is 2.12 bits per heavy atom. The lowest BCUT2D eigenvalue weighted by molar-refractivity contribution is -0.139. The molecular formula is C13H14O4. The van der Waals surface area contributed by atoms with Crippen molar-refractivity contribution in [1.29, 1.82) is 0 Å². The minimum atomic E-state index is -0.340. The van der Waals surface area contributed by atoms with Gasteiger partial charge in [-0.1, -0.05) is 6.58 Å². The van der Waals surface area contributed by atoms with E-state index in [-0.39, 0.29) is 12.1 Å². The standard InChI is InChI=1S/C13H14O4/c1-8-6-12(17-13(8)14)10-5-4-9(15-2)7-11(10)16-3/h4-5,7,12H,1,6H2,2-3H3. The van der Waals surface area contributed by atoms with Gasteiger partial charge in [0, 0.05) is 23.6 Å². The van der Waals surface area contributed by atoms with Gasteiger partial charge in [-0.3, -0.25) is 0 Å². The van der Waals surface area contributed by atoms with Gasteiger partial charge in [0.05, 0.1) is 14.2 Å². The second kappa shape index (κ2) is 4.49. The van der Waals surface area contributed by atoms with Crippen LogP contribution in [-0.2, 0) is 9.53 Å². The molecule has 0 N–H and O–H groups in total. The summed E-state index contributed by atoms with van der Waals surface area (Å²) in [7, 11) is 3.16. The van der Waals surface area contributed by atoms with Crippen molar-refractivity contribution >= 4 is 5.97 Å². The van der Waals surface area contributed by atoms with Crippen molar-refractivity contribution in [3.8, 4) is 11.5 Å². The quantitative estimate of drug-likeness (QED) is 0.594. The molecule has 1 heterocycles. The summed E-state index contributed by atoms with van der Waals surface area (Å²) in [6.45, 7) is 3.66. The monoisotopic (exact) mass is 234 g/mol. The van der Waals surface area contributed by atoms with Crippen molar-refractivity contribution in [1.82, 2.24) is 0 Å². The maximum atomic E-state index is 11.3. The summed E-state index contributed by atoms with van der Waals surface area (Å²) in [6.07, 6.45) is 0.192. The fourth-order valence-electron chi connectivity index (χ4n) is 1.82. The van der Waals surface area contributed by atoms with Crippen LogP contribution in [0, 0.1) is 0 Å². The first-order valence-corrected chi connectivity index (χ1v) is 5.26. The van der Waals surface area contributed by atoms with Gasteiger partial charge in [0.25, 0.3) is 0 Å². The van der Waals surface area contributed by atoms with E-state index in [1.165, 1.54) is 0 Å². The van der Waals surface area contributed by atoms with Gasteiger partial charge in [0.1, 0.15) is 17.6 Å². The van der Waals surface area contributed by atoms with E-state index in [0.29, 0.717) is 23.5 Å². The van der Waals surface area contributed by atoms with Crippen LogP contribution in [0.4, 0.5) is 0 Å². The highest BCUT2D eigenvalue weighted by Crippen LogP contribution is 2.38. The molecule has 1 atom stereocenters. The van der Waals surface area contributed by atoms with E-state index in [2.05, 4.69) is 6.58 Å². The second-order valence-corrected chi connectivity index (χ2v) is 3.81. The molecule has 0 spiro atoms. The number of cyclic esters (lactones) is 1. The van der Waals surface area contributed by atoms with E-state index in [0.717, 1.165) is 5.56 Å². The van der Waals surface area contributed by atoms with Crippen LogP contribution in [0.3, 0.4) is 0 Å². The zero-order valence-electron chi connectivity index (χ0n) is 9.86. The highest BCUT2D eigenvalue weighted by Gasteiger charge is 2.30. The molecular weight excluding hydrogens is 220 g/mol. The SMILES string of the molecule is C=C1CC(c2ccc(OC)cc2OC)OC1=O. The summed E-state index contributed by atoms with van der Waals surface area (Å²) in [5.41, 5.74) is 1.33. The van der Waals surface area contributed by atoms with Crippen LogP contribution in [-0.4, -0.2) is 20.2 Å². The van der Waals surface area contributed by atoms with Crippen molar-refractivity contribution in [2.75, 3.05) is 14.2 Å². The van der Waals surface area contributed by atoms with Crippen LogP contribution in [0.15, 0.2) is 30.4 Å². The minimum Gasteiger partial charge on any atom is -0.497 e. The number of methoxy groups -OCH3 is 2. The Balaban J connectivity index is 2.32. The van der Waals surface area contributed by atoms with Gasteiger partial charge >= 0.3 is 5.97 Å². The summed E-state index contributed by atoms with van der Waals surface area (Å²) in [5.74, 6) is 1.01. The summed E-state index contributed by atoms with van der Waals surface area (Å²) in [4.78, 5) is 11.3. The van der Waals surface area contributed by atoms with E-state index < -0.39 is 0 Å². The molecule has 0 saturated carbocycles. The number of hydrogen-bond acceptors (Lipinski definition) is 4. The Morgan fingerprint density at radius 1 is 1.35 bits per heavy atom. The summed E-state index contributed by atoms with van der Waals surface area (Å²) in [6, 6.07) is 5.42. The number of carbonyl (C=O) groups is 1. The van der Waals surface area contributed by atoms with Crippen LogP contribution in [0.1, 0.15) is 18.1 Å². The third-order valence-electron chi connectivity index (χ3n) is 2.76. The van der Waals surface area contributed by atoms with Crippen molar-refractivity contribution in [2.24, 2.45) is 0 Å². The maximum Gasteiger partial charge on any atom is 0.334 e. The molecule has 1 fully saturated rings. The van der Waals surface area contributed by atoms with Crippen LogP contribution in [0.2, 0.25) is 0 Å². The van der Waals surface area contributed by atoms with E-state index in [1.54, 1.807) is 20.3 Å². The fourth-order valence-corrected chi connectivity index (χ4v) is 1.82. The number of rotatable bonds is 3. The molecule has 0 amide bonds. The Morgan fingerprint density at radius 3 is 2.65 bits per heavy atom. The zero-order valence-corrected chi connectivity index (χ0v) is 9.86. The highest BCUT2D eigenvalue weighted by atomic mass is 16.6. The van der Waals surface area contributed by atoms with Gasteiger partial charge in [-0.15, -0.1) is 0 Å². The first kappa shape index (κ1) is 11.5. The summed E-state index contributed by atoms with van der Waals surface area (Å²) < 4.78 is 15.6. The Bertz CT molecular complexity index is 448. The average Bonchev–Trinajstić information content (AvgIpc) is 2.68. The Kier molecular flexibility index (Phi) is 3.04. The van der Waals surface area contributed by atoms with Crippen LogP contribution < -0.4 is 9.47 Å². The third-order valence-corrected chi connectivity index (χ3v) is 2.76. The number of benzene rings is 1. The molecule has 0 aromatic heterocycles. The molecule has 1 aromatic carbocycles. The normalized spacial score (nSPS) is 19.1. The predicted octanol–water partition coefficient (Wildman–Crippen LogP) is 2.25. The number of ether oxygens (including phenoxy) is 3. The molecule has 90 valence electrons. The molecule has 4 nitrogen and oxygen atoms in total. The smallest absolute Gasteiger partial charge is 0.334 e. The topological polar surface area (TPSA) is 44.8 Å².